The van der Waals surface area contributed by atoms with Crippen LogP contribution in [0.2, 0.25) is 0 Å². The maximum atomic E-state index is 5.63. The summed E-state index contributed by atoms with van der Waals surface area (Å²) in [6.45, 7) is 6.55. The molecule has 0 bridgehead atoms. The van der Waals surface area contributed by atoms with Gasteiger partial charge in [-0.3, -0.25) is 0 Å². The average molecular weight is 450 g/mol. The first-order valence-electron chi connectivity index (χ1n) is 5.95. The number of hydrogen-bond donors (Lipinski definition) is 1. The SMILES string of the molecule is CC(C)(C)c1ccc(Oc2ccc(N)cn2)cc1.[Pb]. The van der Waals surface area contributed by atoms with E-state index in [-0.39, 0.29) is 32.7 Å². The Morgan fingerprint density at radius 2 is 1.63 bits per heavy atom. The number of benzene rings is 1. The van der Waals surface area contributed by atoms with Crippen LogP contribution in [0, 0.1) is 0 Å². The molecule has 0 amide bonds. The second-order valence-electron chi connectivity index (χ2n) is 5.31. The second kappa shape index (κ2) is 6.36. The standard InChI is InChI=1S/C15H18N2O.Pb/c1-15(2,3)11-4-7-13(8-5-11)18-14-9-6-12(16)10-17-14;/h4-10H,16H2,1-3H3;. The topological polar surface area (TPSA) is 48.1 Å². The van der Waals surface area contributed by atoms with Gasteiger partial charge in [-0.05, 0) is 29.2 Å². The summed E-state index contributed by atoms with van der Waals surface area (Å²) in [6, 6.07) is 11.6. The predicted molar refractivity (Wildman–Crippen MR) is 79.6 cm³/mol. The van der Waals surface area contributed by atoms with Gasteiger partial charge in [0, 0.05) is 33.4 Å². The summed E-state index contributed by atoms with van der Waals surface area (Å²) >= 11 is 0. The van der Waals surface area contributed by atoms with Crippen LogP contribution in [0.25, 0.3) is 0 Å². The van der Waals surface area contributed by atoms with Gasteiger partial charge in [-0.25, -0.2) is 4.98 Å². The number of nitrogens with two attached hydrogens (primary N) is 1. The van der Waals surface area contributed by atoms with Gasteiger partial charge in [0.2, 0.25) is 5.88 Å². The summed E-state index contributed by atoms with van der Waals surface area (Å²) in [5, 5.41) is 0. The molecule has 0 aliphatic rings. The average Bonchev–Trinajstić information content (AvgIpc) is 2.32. The zero-order chi connectivity index (χ0) is 13.2. The van der Waals surface area contributed by atoms with E-state index >= 15 is 0 Å². The van der Waals surface area contributed by atoms with Gasteiger partial charge in [0.1, 0.15) is 5.75 Å². The molecule has 4 heteroatoms. The Morgan fingerprint density at radius 1 is 1.00 bits per heavy atom. The molecule has 0 spiro atoms. The Labute approximate surface area is 134 Å². The largest absolute Gasteiger partial charge is 0.439 e. The van der Waals surface area contributed by atoms with Crippen LogP contribution in [0.3, 0.4) is 0 Å². The molecule has 2 N–H and O–H groups in total. The van der Waals surface area contributed by atoms with Crippen molar-refractivity contribution in [2.75, 3.05) is 5.73 Å². The number of rotatable bonds is 2. The molecule has 0 saturated heterocycles. The molecule has 0 fully saturated rings. The van der Waals surface area contributed by atoms with Gasteiger partial charge in [-0.1, -0.05) is 32.9 Å². The first-order chi connectivity index (χ1) is 8.45. The molecule has 1 aromatic heterocycles. The molecule has 2 rings (SSSR count). The molecule has 19 heavy (non-hydrogen) atoms. The van der Waals surface area contributed by atoms with Crippen LogP contribution < -0.4 is 10.5 Å². The molecule has 3 nitrogen and oxygen atoms in total. The summed E-state index contributed by atoms with van der Waals surface area (Å²) in [6.07, 6.45) is 1.58. The minimum atomic E-state index is 0. The number of pyridine rings is 1. The Hall–Kier alpha value is -1.11. The maximum absolute atomic E-state index is 5.63. The third kappa shape index (κ3) is 4.49. The normalized spacial score (nSPS) is 10.7. The molecule has 1 heterocycles. The number of nitrogen functional groups attached to an aromatic ring is 1. The predicted octanol–water partition coefficient (Wildman–Crippen LogP) is 3.37. The van der Waals surface area contributed by atoms with E-state index in [0.29, 0.717) is 11.6 Å². The van der Waals surface area contributed by atoms with E-state index in [4.69, 9.17) is 10.5 Å². The summed E-state index contributed by atoms with van der Waals surface area (Å²) in [7, 11) is 0. The van der Waals surface area contributed by atoms with Crippen molar-refractivity contribution < 1.29 is 4.74 Å². The molecule has 2 aromatic rings. The third-order valence-electron chi connectivity index (χ3n) is 2.70. The number of nitrogens with zero attached hydrogens (tertiary/aromatic N) is 1. The van der Waals surface area contributed by atoms with E-state index in [0.717, 1.165) is 5.75 Å². The Morgan fingerprint density at radius 3 is 2.11 bits per heavy atom. The van der Waals surface area contributed by atoms with Crippen molar-refractivity contribution in [1.82, 2.24) is 4.98 Å². The van der Waals surface area contributed by atoms with Crippen LogP contribution in [-0.4, -0.2) is 32.3 Å². The van der Waals surface area contributed by atoms with Gasteiger partial charge in [0.15, 0.2) is 0 Å². The van der Waals surface area contributed by atoms with Crippen LogP contribution in [0.5, 0.6) is 11.6 Å². The van der Waals surface area contributed by atoms with Crippen LogP contribution in [-0.2, 0) is 5.41 Å². The minimum Gasteiger partial charge on any atom is -0.439 e. The van der Waals surface area contributed by atoms with Crippen molar-refractivity contribution in [2.45, 2.75) is 26.2 Å². The molecule has 0 unspecified atom stereocenters. The van der Waals surface area contributed by atoms with Gasteiger partial charge >= 0.3 is 0 Å². The Balaban J connectivity index is 0.00000180. The molecule has 0 saturated carbocycles. The van der Waals surface area contributed by atoms with Gasteiger partial charge < -0.3 is 10.5 Å². The van der Waals surface area contributed by atoms with Gasteiger partial charge in [-0.15, -0.1) is 0 Å². The molecule has 0 atom stereocenters. The fourth-order valence-corrected chi connectivity index (χ4v) is 1.60. The summed E-state index contributed by atoms with van der Waals surface area (Å²) in [4.78, 5) is 4.10. The fraction of sp³-hybridized carbons (Fsp3) is 0.267. The van der Waals surface area contributed by atoms with Crippen LogP contribution in [0.15, 0.2) is 42.6 Å². The van der Waals surface area contributed by atoms with Crippen molar-refractivity contribution in [1.29, 1.82) is 0 Å². The molecular weight excluding hydrogens is 431 g/mol. The number of ether oxygens (including phenoxy) is 1. The molecular formula is C15H18N2OPb. The quantitative estimate of drug-likeness (QED) is 0.716. The van der Waals surface area contributed by atoms with E-state index in [1.165, 1.54) is 5.56 Å². The fourth-order valence-electron chi connectivity index (χ4n) is 1.60. The monoisotopic (exact) mass is 450 g/mol. The zero-order valence-electron chi connectivity index (χ0n) is 11.5. The van der Waals surface area contributed by atoms with E-state index < -0.39 is 0 Å². The molecule has 1 aromatic carbocycles. The Kier molecular flexibility index (Phi) is 5.34. The maximum Gasteiger partial charge on any atom is 0.219 e. The van der Waals surface area contributed by atoms with E-state index in [2.05, 4.69) is 37.9 Å². The van der Waals surface area contributed by atoms with Crippen LogP contribution in [0.4, 0.5) is 5.69 Å². The van der Waals surface area contributed by atoms with Crippen molar-refractivity contribution in [3.63, 3.8) is 0 Å². The van der Waals surface area contributed by atoms with E-state index in [1.54, 1.807) is 18.3 Å². The van der Waals surface area contributed by atoms with Crippen molar-refractivity contribution in [3.05, 3.63) is 48.2 Å². The number of anilines is 1. The van der Waals surface area contributed by atoms with Crippen molar-refractivity contribution in [3.8, 4) is 11.6 Å². The summed E-state index contributed by atoms with van der Waals surface area (Å²) < 4.78 is 5.63. The Bertz CT molecular complexity index is 515. The molecule has 98 valence electrons. The van der Waals surface area contributed by atoms with E-state index in [1.807, 2.05) is 12.1 Å². The van der Waals surface area contributed by atoms with Gasteiger partial charge in [-0.2, -0.15) is 0 Å². The first kappa shape index (κ1) is 15.9. The first-order valence-corrected chi connectivity index (χ1v) is 5.95. The van der Waals surface area contributed by atoms with Crippen molar-refractivity contribution in [2.24, 2.45) is 0 Å². The van der Waals surface area contributed by atoms with Crippen LogP contribution in [0.1, 0.15) is 26.3 Å². The van der Waals surface area contributed by atoms with Gasteiger partial charge in [0.05, 0.1) is 11.9 Å². The van der Waals surface area contributed by atoms with Gasteiger partial charge in [0.25, 0.3) is 0 Å². The van der Waals surface area contributed by atoms with Crippen LogP contribution >= 0.6 is 0 Å². The van der Waals surface area contributed by atoms with E-state index in [9.17, 15) is 0 Å². The minimum absolute atomic E-state index is 0. The molecule has 0 aliphatic carbocycles. The number of hydrogen-bond acceptors (Lipinski definition) is 3. The summed E-state index contributed by atoms with van der Waals surface area (Å²) in [5.41, 5.74) is 7.63. The smallest absolute Gasteiger partial charge is 0.219 e. The zero-order valence-corrected chi connectivity index (χ0v) is 15.4. The second-order valence-corrected chi connectivity index (χ2v) is 5.31. The third-order valence-corrected chi connectivity index (χ3v) is 2.70. The molecule has 4 radical (unpaired) electrons. The van der Waals surface area contributed by atoms with Crippen molar-refractivity contribution >= 4 is 33.0 Å². The summed E-state index contributed by atoms with van der Waals surface area (Å²) in [5.74, 6) is 1.33. The molecule has 0 aliphatic heterocycles. The number of aromatic nitrogens is 1.